The molecule has 0 saturated heterocycles. The highest BCUT2D eigenvalue weighted by molar-refractivity contribution is 7.89. The lowest BCUT2D eigenvalue weighted by molar-refractivity contribution is -0.139. The number of nitrogens with one attached hydrogen (secondary N) is 3. The smallest absolute Gasteiger partial charge is 0.309 e. The molecule has 0 aliphatic heterocycles. The Balaban J connectivity index is 1.91. The summed E-state index contributed by atoms with van der Waals surface area (Å²) < 4.78 is 34.9. The molecule has 1 aromatic carbocycles. The fourth-order valence-corrected chi connectivity index (χ4v) is 3.64. The van der Waals surface area contributed by atoms with Gasteiger partial charge in [0, 0.05) is 19.1 Å². The van der Waals surface area contributed by atoms with E-state index in [1.807, 2.05) is 0 Å². The van der Waals surface area contributed by atoms with Gasteiger partial charge in [-0.2, -0.15) is 8.75 Å². The van der Waals surface area contributed by atoms with E-state index in [9.17, 15) is 18.0 Å². The molecule has 130 valence electrons. The summed E-state index contributed by atoms with van der Waals surface area (Å²) in [6.07, 6.45) is 0. The summed E-state index contributed by atoms with van der Waals surface area (Å²) in [6, 6.07) is 4.52. The Morgan fingerprint density at radius 2 is 1.92 bits per heavy atom. The molecule has 0 saturated carbocycles. The SMILES string of the molecule is CC(C)NC(=O)C(=O)NCCNS(=O)(=O)c1cccc2nsnc12. The van der Waals surface area contributed by atoms with Crippen molar-refractivity contribution in [3.63, 3.8) is 0 Å². The van der Waals surface area contributed by atoms with E-state index in [2.05, 4.69) is 24.1 Å². The van der Waals surface area contributed by atoms with Gasteiger partial charge >= 0.3 is 11.8 Å². The van der Waals surface area contributed by atoms with Crippen LogP contribution in [0.1, 0.15) is 13.8 Å². The minimum absolute atomic E-state index is 0.0190. The largest absolute Gasteiger partial charge is 0.347 e. The van der Waals surface area contributed by atoms with Crippen molar-refractivity contribution < 1.29 is 18.0 Å². The number of carbonyl (C=O) groups is 2. The van der Waals surface area contributed by atoms with E-state index in [1.165, 1.54) is 6.07 Å². The van der Waals surface area contributed by atoms with Crippen LogP contribution in [-0.2, 0) is 19.6 Å². The summed E-state index contributed by atoms with van der Waals surface area (Å²) in [6.45, 7) is 3.38. The van der Waals surface area contributed by atoms with E-state index in [4.69, 9.17) is 0 Å². The molecular formula is C13H17N5O4S2. The lowest BCUT2D eigenvalue weighted by atomic mass is 10.3. The predicted molar refractivity (Wildman–Crippen MR) is 88.9 cm³/mol. The molecule has 0 bridgehead atoms. The summed E-state index contributed by atoms with van der Waals surface area (Å²) in [4.78, 5) is 22.9. The molecule has 0 fully saturated rings. The lowest BCUT2D eigenvalue weighted by Crippen LogP contribution is -2.44. The highest BCUT2D eigenvalue weighted by atomic mass is 32.2. The first-order valence-electron chi connectivity index (χ1n) is 7.11. The van der Waals surface area contributed by atoms with Crippen LogP contribution in [-0.4, -0.2) is 48.1 Å². The zero-order valence-electron chi connectivity index (χ0n) is 13.1. The number of amides is 2. The maximum Gasteiger partial charge on any atom is 0.309 e. The number of hydrogen-bond acceptors (Lipinski definition) is 7. The molecule has 11 heteroatoms. The Bertz CT molecular complexity index is 847. The topological polar surface area (TPSA) is 130 Å². The molecule has 2 amide bonds. The van der Waals surface area contributed by atoms with E-state index in [1.54, 1.807) is 26.0 Å². The van der Waals surface area contributed by atoms with Crippen molar-refractivity contribution in [2.24, 2.45) is 0 Å². The van der Waals surface area contributed by atoms with Crippen LogP contribution in [0.2, 0.25) is 0 Å². The Morgan fingerprint density at radius 1 is 1.17 bits per heavy atom. The van der Waals surface area contributed by atoms with E-state index < -0.39 is 21.8 Å². The van der Waals surface area contributed by atoms with Gasteiger partial charge in [-0.3, -0.25) is 9.59 Å². The molecule has 0 unspecified atom stereocenters. The highest BCUT2D eigenvalue weighted by Gasteiger charge is 2.19. The van der Waals surface area contributed by atoms with Gasteiger partial charge in [0.2, 0.25) is 10.0 Å². The van der Waals surface area contributed by atoms with Crippen LogP contribution in [0.5, 0.6) is 0 Å². The molecule has 0 aliphatic rings. The number of sulfonamides is 1. The van der Waals surface area contributed by atoms with Gasteiger partial charge in [0.05, 0.1) is 11.7 Å². The van der Waals surface area contributed by atoms with Gasteiger partial charge in [-0.05, 0) is 26.0 Å². The van der Waals surface area contributed by atoms with Crippen molar-refractivity contribution in [3.05, 3.63) is 18.2 Å². The van der Waals surface area contributed by atoms with Gasteiger partial charge in [0.1, 0.15) is 15.9 Å². The van der Waals surface area contributed by atoms with Crippen LogP contribution in [0.25, 0.3) is 11.0 Å². The van der Waals surface area contributed by atoms with Gasteiger partial charge in [-0.25, -0.2) is 13.1 Å². The number of hydrogen-bond donors (Lipinski definition) is 3. The van der Waals surface area contributed by atoms with Gasteiger partial charge in [0.15, 0.2) is 0 Å². The molecule has 0 spiro atoms. The van der Waals surface area contributed by atoms with E-state index in [-0.39, 0.29) is 24.0 Å². The van der Waals surface area contributed by atoms with Crippen LogP contribution < -0.4 is 15.4 Å². The zero-order valence-corrected chi connectivity index (χ0v) is 14.7. The molecule has 2 rings (SSSR count). The average Bonchev–Trinajstić information content (AvgIpc) is 2.98. The summed E-state index contributed by atoms with van der Waals surface area (Å²) in [5.74, 6) is -1.57. The molecule has 0 radical (unpaired) electrons. The van der Waals surface area contributed by atoms with Crippen LogP contribution in [0.15, 0.2) is 23.1 Å². The molecule has 3 N–H and O–H groups in total. The minimum Gasteiger partial charge on any atom is -0.347 e. The Labute approximate surface area is 143 Å². The lowest BCUT2D eigenvalue weighted by Gasteiger charge is -2.10. The highest BCUT2D eigenvalue weighted by Crippen LogP contribution is 2.20. The zero-order chi connectivity index (χ0) is 17.7. The monoisotopic (exact) mass is 371 g/mol. The third kappa shape index (κ3) is 4.46. The fourth-order valence-electron chi connectivity index (χ4n) is 1.85. The van der Waals surface area contributed by atoms with Crippen LogP contribution in [0, 0.1) is 0 Å². The molecule has 1 aromatic heterocycles. The average molecular weight is 371 g/mol. The van der Waals surface area contributed by atoms with Crippen molar-refractivity contribution in [2.75, 3.05) is 13.1 Å². The van der Waals surface area contributed by atoms with Crippen molar-refractivity contribution in [3.8, 4) is 0 Å². The molecule has 2 aromatic rings. The van der Waals surface area contributed by atoms with Crippen LogP contribution in [0.3, 0.4) is 0 Å². The van der Waals surface area contributed by atoms with Crippen molar-refractivity contribution in [1.82, 2.24) is 24.1 Å². The quantitative estimate of drug-likeness (QED) is 0.468. The molecule has 0 aliphatic carbocycles. The van der Waals surface area contributed by atoms with Crippen LogP contribution >= 0.6 is 11.7 Å². The fraction of sp³-hybridized carbons (Fsp3) is 0.385. The minimum atomic E-state index is -3.79. The number of aromatic nitrogens is 2. The first-order chi connectivity index (χ1) is 11.3. The first-order valence-corrected chi connectivity index (χ1v) is 9.32. The first kappa shape index (κ1) is 18.2. The molecule has 24 heavy (non-hydrogen) atoms. The number of benzene rings is 1. The molecule has 1 heterocycles. The summed E-state index contributed by atoms with van der Waals surface area (Å²) >= 11 is 0.930. The Hall–Kier alpha value is -2.11. The summed E-state index contributed by atoms with van der Waals surface area (Å²) in [5.41, 5.74) is 0.803. The number of fused-ring (bicyclic) bond motifs is 1. The normalized spacial score (nSPS) is 11.6. The van der Waals surface area contributed by atoms with Gasteiger partial charge in [-0.15, -0.1) is 0 Å². The predicted octanol–water partition coefficient (Wildman–Crippen LogP) is -0.390. The van der Waals surface area contributed by atoms with Crippen molar-refractivity contribution in [2.45, 2.75) is 24.8 Å². The second-order valence-electron chi connectivity index (χ2n) is 5.17. The van der Waals surface area contributed by atoms with E-state index in [0.29, 0.717) is 11.0 Å². The number of rotatable bonds is 6. The maximum atomic E-state index is 12.3. The van der Waals surface area contributed by atoms with Gasteiger partial charge in [-0.1, -0.05) is 6.07 Å². The second-order valence-corrected chi connectivity index (χ2v) is 7.43. The summed E-state index contributed by atoms with van der Waals surface area (Å²) in [7, 11) is -3.79. The Kier molecular flexibility index (Phi) is 5.80. The standard InChI is InChI=1S/C13H17N5O4S2/c1-8(2)16-13(20)12(19)14-6-7-15-24(21,22)10-5-3-4-9-11(10)18-23-17-9/h3-5,8,15H,6-7H2,1-2H3,(H,14,19)(H,16,20). The number of nitrogens with zero attached hydrogens (tertiary/aromatic N) is 2. The Morgan fingerprint density at radius 3 is 2.62 bits per heavy atom. The van der Waals surface area contributed by atoms with Gasteiger partial charge in [0.25, 0.3) is 0 Å². The molecule has 9 nitrogen and oxygen atoms in total. The van der Waals surface area contributed by atoms with E-state index in [0.717, 1.165) is 11.7 Å². The number of carbonyl (C=O) groups excluding carboxylic acids is 2. The second kappa shape index (κ2) is 7.64. The third-order valence-corrected chi connectivity index (χ3v) is 4.90. The van der Waals surface area contributed by atoms with Gasteiger partial charge < -0.3 is 10.6 Å². The van der Waals surface area contributed by atoms with Crippen molar-refractivity contribution >= 4 is 44.6 Å². The third-order valence-electron chi connectivity index (χ3n) is 2.87. The molecule has 0 atom stereocenters. The molecular weight excluding hydrogens is 354 g/mol. The van der Waals surface area contributed by atoms with E-state index >= 15 is 0 Å². The van der Waals surface area contributed by atoms with Crippen molar-refractivity contribution in [1.29, 1.82) is 0 Å². The van der Waals surface area contributed by atoms with Crippen LogP contribution in [0.4, 0.5) is 0 Å². The maximum absolute atomic E-state index is 12.3. The summed E-state index contributed by atoms with van der Waals surface area (Å²) in [5, 5.41) is 4.78.